The quantitative estimate of drug-likeness (QED) is 0.515. The van der Waals surface area contributed by atoms with Crippen molar-refractivity contribution in [1.82, 2.24) is 19.4 Å². The highest BCUT2D eigenvalue weighted by atomic mass is 19.1. The Hall–Kier alpha value is -2.24. The van der Waals surface area contributed by atoms with Crippen LogP contribution in [-0.2, 0) is 0 Å². The van der Waals surface area contributed by atoms with Crippen molar-refractivity contribution in [2.45, 2.75) is 69.5 Å². The Morgan fingerprint density at radius 1 is 0.879 bits per heavy atom. The topological polar surface area (TPSA) is 24.3 Å². The van der Waals surface area contributed by atoms with Crippen LogP contribution in [0.1, 0.15) is 61.9 Å². The SMILES string of the molecule is Cc1nc2ccccc2n1C1C[C@H]2CC[C@@H](C1)N2CCN1CCC(c2cccc(F)c2)CC1. The van der Waals surface area contributed by atoms with Gasteiger partial charge in [0.2, 0.25) is 0 Å². The van der Waals surface area contributed by atoms with Crippen LogP contribution in [0.15, 0.2) is 48.5 Å². The van der Waals surface area contributed by atoms with Crippen molar-refractivity contribution in [3.05, 3.63) is 65.7 Å². The van der Waals surface area contributed by atoms with Crippen LogP contribution in [-0.4, -0.2) is 57.6 Å². The van der Waals surface area contributed by atoms with E-state index in [4.69, 9.17) is 4.98 Å². The normalized spacial score (nSPS) is 26.9. The smallest absolute Gasteiger partial charge is 0.123 e. The molecule has 0 amide bonds. The standard InChI is InChI=1S/C28H35FN4/c1-20-30-27-7-2-3-8-28(27)33(20)26-18-24-9-10-25(19-26)32(24)16-15-31-13-11-21(12-14-31)22-5-4-6-23(29)17-22/h2-8,17,21,24-26H,9-16,18-19H2,1H3/t24-,25+,26?. The van der Waals surface area contributed by atoms with Gasteiger partial charge in [-0.1, -0.05) is 24.3 Å². The Balaban J connectivity index is 1.05. The molecule has 3 aliphatic heterocycles. The lowest BCUT2D eigenvalue weighted by molar-refractivity contribution is 0.0869. The van der Waals surface area contributed by atoms with Crippen LogP contribution in [0.5, 0.6) is 0 Å². The Bertz CT molecular complexity index is 1100. The Kier molecular flexibility index (Phi) is 5.71. The molecule has 4 nitrogen and oxygen atoms in total. The molecular formula is C28H35FN4. The number of aryl methyl sites for hydroxylation is 1. The number of hydrogen-bond acceptors (Lipinski definition) is 3. The third kappa shape index (κ3) is 4.10. The second-order valence-corrected chi connectivity index (χ2v) is 10.4. The van der Waals surface area contributed by atoms with Gasteiger partial charge in [-0.25, -0.2) is 9.37 Å². The molecule has 3 fully saturated rings. The fourth-order valence-corrected chi connectivity index (χ4v) is 6.95. The average Bonchev–Trinajstić information content (AvgIpc) is 3.29. The zero-order valence-corrected chi connectivity index (χ0v) is 19.7. The van der Waals surface area contributed by atoms with Gasteiger partial charge in [0.1, 0.15) is 11.6 Å². The zero-order chi connectivity index (χ0) is 22.4. The summed E-state index contributed by atoms with van der Waals surface area (Å²) in [6.07, 6.45) is 7.47. The van der Waals surface area contributed by atoms with Gasteiger partial charge in [-0.2, -0.15) is 0 Å². The molecule has 5 heteroatoms. The van der Waals surface area contributed by atoms with Crippen molar-refractivity contribution in [3.63, 3.8) is 0 Å². The largest absolute Gasteiger partial charge is 0.325 e. The zero-order valence-electron chi connectivity index (χ0n) is 19.7. The lowest BCUT2D eigenvalue weighted by Crippen LogP contribution is -2.47. The molecule has 1 unspecified atom stereocenters. The van der Waals surface area contributed by atoms with Crippen LogP contribution in [0.2, 0.25) is 0 Å². The number of benzene rings is 2. The van der Waals surface area contributed by atoms with Gasteiger partial charge in [-0.3, -0.25) is 4.90 Å². The van der Waals surface area contributed by atoms with E-state index in [2.05, 4.69) is 51.6 Å². The number of rotatable bonds is 5. The highest BCUT2D eigenvalue weighted by molar-refractivity contribution is 5.76. The van der Waals surface area contributed by atoms with E-state index >= 15 is 0 Å². The molecule has 0 saturated carbocycles. The van der Waals surface area contributed by atoms with Gasteiger partial charge < -0.3 is 9.47 Å². The van der Waals surface area contributed by atoms with Crippen molar-refractivity contribution in [3.8, 4) is 0 Å². The molecule has 2 bridgehead atoms. The van der Waals surface area contributed by atoms with E-state index < -0.39 is 0 Å². The molecule has 3 aromatic rings. The highest BCUT2D eigenvalue weighted by Gasteiger charge is 2.41. The molecule has 0 spiro atoms. The van der Waals surface area contributed by atoms with E-state index in [0.717, 1.165) is 37.3 Å². The van der Waals surface area contributed by atoms with Gasteiger partial charge in [-0.05, 0) is 94.3 Å². The molecule has 33 heavy (non-hydrogen) atoms. The number of hydrogen-bond donors (Lipinski definition) is 0. The number of aromatic nitrogens is 2. The summed E-state index contributed by atoms with van der Waals surface area (Å²) in [4.78, 5) is 10.3. The number of fused-ring (bicyclic) bond motifs is 3. The number of imidazole rings is 1. The van der Waals surface area contributed by atoms with E-state index in [-0.39, 0.29) is 5.82 Å². The first-order valence-electron chi connectivity index (χ1n) is 12.8. The summed E-state index contributed by atoms with van der Waals surface area (Å²) in [5, 5.41) is 0. The summed E-state index contributed by atoms with van der Waals surface area (Å²) < 4.78 is 16.1. The first-order valence-corrected chi connectivity index (χ1v) is 12.8. The van der Waals surface area contributed by atoms with Crippen LogP contribution in [0, 0.1) is 12.7 Å². The molecule has 2 aromatic carbocycles. The third-order valence-electron chi connectivity index (χ3n) is 8.58. The monoisotopic (exact) mass is 446 g/mol. The number of halogens is 1. The molecule has 0 radical (unpaired) electrons. The van der Waals surface area contributed by atoms with Crippen molar-refractivity contribution in [2.24, 2.45) is 0 Å². The van der Waals surface area contributed by atoms with Gasteiger partial charge in [0.15, 0.2) is 0 Å². The molecule has 3 atom stereocenters. The summed E-state index contributed by atoms with van der Waals surface area (Å²) in [5.41, 5.74) is 3.61. The van der Waals surface area contributed by atoms with Crippen LogP contribution in [0.3, 0.4) is 0 Å². The maximum Gasteiger partial charge on any atom is 0.123 e. The van der Waals surface area contributed by atoms with Crippen molar-refractivity contribution in [1.29, 1.82) is 0 Å². The van der Waals surface area contributed by atoms with Crippen LogP contribution in [0.4, 0.5) is 4.39 Å². The molecule has 4 heterocycles. The van der Waals surface area contributed by atoms with Gasteiger partial charge in [-0.15, -0.1) is 0 Å². The summed E-state index contributed by atoms with van der Waals surface area (Å²) in [6.45, 7) is 6.79. The molecule has 0 N–H and O–H groups in total. The molecule has 174 valence electrons. The number of nitrogens with zero attached hydrogens (tertiary/aromatic N) is 4. The van der Waals surface area contributed by atoms with E-state index in [0.29, 0.717) is 24.0 Å². The Morgan fingerprint density at radius 3 is 2.39 bits per heavy atom. The van der Waals surface area contributed by atoms with Crippen molar-refractivity contribution < 1.29 is 4.39 Å². The Morgan fingerprint density at radius 2 is 1.64 bits per heavy atom. The second-order valence-electron chi connectivity index (χ2n) is 10.4. The summed E-state index contributed by atoms with van der Waals surface area (Å²) in [6, 6.07) is 17.8. The molecule has 0 aliphatic carbocycles. The number of piperidine rings is 2. The predicted molar refractivity (Wildman–Crippen MR) is 131 cm³/mol. The Labute approximate surface area is 196 Å². The molecule has 3 saturated heterocycles. The van der Waals surface area contributed by atoms with E-state index in [1.54, 1.807) is 12.1 Å². The van der Waals surface area contributed by atoms with Crippen LogP contribution in [0.25, 0.3) is 11.0 Å². The molecule has 3 aliphatic rings. The van der Waals surface area contributed by atoms with Gasteiger partial charge in [0.05, 0.1) is 11.0 Å². The van der Waals surface area contributed by atoms with Crippen LogP contribution < -0.4 is 0 Å². The van der Waals surface area contributed by atoms with Gasteiger partial charge in [0.25, 0.3) is 0 Å². The fraction of sp³-hybridized carbons (Fsp3) is 0.536. The third-order valence-corrected chi connectivity index (χ3v) is 8.58. The minimum absolute atomic E-state index is 0.104. The minimum atomic E-state index is -0.104. The van der Waals surface area contributed by atoms with E-state index in [1.165, 1.54) is 49.9 Å². The summed E-state index contributed by atoms with van der Waals surface area (Å²) in [5.74, 6) is 1.57. The number of para-hydroxylation sites is 2. The second kappa shape index (κ2) is 8.84. The lowest BCUT2D eigenvalue weighted by atomic mass is 9.89. The van der Waals surface area contributed by atoms with E-state index in [1.807, 2.05) is 6.07 Å². The number of likely N-dealkylation sites (tertiary alicyclic amines) is 1. The maximum absolute atomic E-state index is 13.6. The fourth-order valence-electron chi connectivity index (χ4n) is 6.95. The first-order chi connectivity index (χ1) is 16.2. The van der Waals surface area contributed by atoms with Gasteiger partial charge in [0, 0.05) is 31.2 Å². The maximum atomic E-state index is 13.6. The highest BCUT2D eigenvalue weighted by Crippen LogP contribution is 2.42. The van der Waals surface area contributed by atoms with E-state index in [9.17, 15) is 4.39 Å². The van der Waals surface area contributed by atoms with Crippen molar-refractivity contribution >= 4 is 11.0 Å². The lowest BCUT2D eigenvalue weighted by Gasteiger charge is -2.41. The molecule has 6 rings (SSSR count). The summed E-state index contributed by atoms with van der Waals surface area (Å²) >= 11 is 0. The van der Waals surface area contributed by atoms with Crippen molar-refractivity contribution in [2.75, 3.05) is 26.2 Å². The average molecular weight is 447 g/mol. The summed E-state index contributed by atoms with van der Waals surface area (Å²) in [7, 11) is 0. The van der Waals surface area contributed by atoms with Gasteiger partial charge >= 0.3 is 0 Å². The first kappa shape index (κ1) is 21.3. The minimum Gasteiger partial charge on any atom is -0.325 e. The van der Waals surface area contributed by atoms with Crippen LogP contribution >= 0.6 is 0 Å². The molecule has 1 aromatic heterocycles. The predicted octanol–water partition coefficient (Wildman–Crippen LogP) is 5.53. The molecular weight excluding hydrogens is 411 g/mol.